The molecule has 2 aromatic rings. The van der Waals surface area contributed by atoms with Crippen molar-refractivity contribution in [1.82, 2.24) is 5.43 Å². The van der Waals surface area contributed by atoms with Crippen molar-refractivity contribution in [3.8, 4) is 11.5 Å². The average molecular weight is 315 g/mol. The Kier molecular flexibility index (Phi) is 5.32. The number of nitrogens with one attached hydrogen (secondary N) is 2. The molecule has 114 valence electrons. The molecule has 0 amide bonds. The fraction of sp³-hybridized carbons (Fsp3) is 0.125. The van der Waals surface area contributed by atoms with Gasteiger partial charge in [0.2, 0.25) is 0 Å². The van der Waals surface area contributed by atoms with E-state index in [1.54, 1.807) is 31.4 Å². The molecule has 0 bridgehead atoms. The second-order valence-electron chi connectivity index (χ2n) is 4.51. The van der Waals surface area contributed by atoms with Gasteiger partial charge in [-0.25, -0.2) is 0 Å². The summed E-state index contributed by atoms with van der Waals surface area (Å²) in [5.74, 6) is 0.920. The third kappa shape index (κ3) is 4.20. The second kappa shape index (κ2) is 7.42. The van der Waals surface area contributed by atoms with Crippen molar-refractivity contribution in [2.24, 2.45) is 5.10 Å². The van der Waals surface area contributed by atoms with Crippen LogP contribution in [0.25, 0.3) is 0 Å². The van der Waals surface area contributed by atoms with Crippen LogP contribution in [-0.4, -0.2) is 23.0 Å². The Balaban J connectivity index is 2.00. The highest BCUT2D eigenvalue weighted by molar-refractivity contribution is 7.80. The lowest BCUT2D eigenvalue weighted by Crippen LogP contribution is -2.25. The van der Waals surface area contributed by atoms with Gasteiger partial charge in [-0.2, -0.15) is 5.10 Å². The van der Waals surface area contributed by atoms with Gasteiger partial charge in [-0.3, -0.25) is 5.43 Å². The molecule has 0 radical (unpaired) electrons. The van der Waals surface area contributed by atoms with Crippen LogP contribution in [0.1, 0.15) is 12.5 Å². The van der Waals surface area contributed by atoms with E-state index in [0.717, 1.165) is 17.0 Å². The molecule has 2 aromatic carbocycles. The normalized spacial score (nSPS) is 10.9. The Morgan fingerprint density at radius 2 is 1.82 bits per heavy atom. The van der Waals surface area contributed by atoms with E-state index in [0.29, 0.717) is 10.9 Å². The van der Waals surface area contributed by atoms with Gasteiger partial charge in [-0.1, -0.05) is 12.1 Å². The number of phenols is 1. The molecule has 0 aliphatic rings. The number of nitrogens with zero attached hydrogens (tertiary/aromatic N) is 1. The van der Waals surface area contributed by atoms with Gasteiger partial charge in [-0.15, -0.1) is 0 Å². The number of benzene rings is 2. The Morgan fingerprint density at radius 1 is 1.14 bits per heavy atom. The van der Waals surface area contributed by atoms with E-state index < -0.39 is 0 Å². The first kappa shape index (κ1) is 15.8. The quantitative estimate of drug-likeness (QED) is 0.459. The minimum absolute atomic E-state index is 0.220. The summed E-state index contributed by atoms with van der Waals surface area (Å²) in [6, 6.07) is 14.3. The van der Waals surface area contributed by atoms with E-state index in [4.69, 9.17) is 17.0 Å². The molecule has 3 N–H and O–H groups in total. The van der Waals surface area contributed by atoms with E-state index in [1.807, 2.05) is 31.2 Å². The summed E-state index contributed by atoms with van der Waals surface area (Å²) in [5.41, 5.74) is 5.20. The van der Waals surface area contributed by atoms with E-state index >= 15 is 0 Å². The minimum Gasteiger partial charge on any atom is -0.508 e. The Hall–Kier alpha value is -2.60. The molecule has 5 nitrogen and oxygen atoms in total. The zero-order valence-corrected chi connectivity index (χ0v) is 13.1. The van der Waals surface area contributed by atoms with Gasteiger partial charge >= 0.3 is 0 Å². The molecule has 0 fully saturated rings. The van der Waals surface area contributed by atoms with Gasteiger partial charge in [0.05, 0.1) is 18.5 Å². The highest BCUT2D eigenvalue weighted by atomic mass is 32.1. The first-order valence-corrected chi connectivity index (χ1v) is 7.04. The summed E-state index contributed by atoms with van der Waals surface area (Å²) in [7, 11) is 1.60. The topological polar surface area (TPSA) is 65.9 Å². The number of thiocarbonyl (C=S) groups is 1. The maximum absolute atomic E-state index is 9.27. The van der Waals surface area contributed by atoms with E-state index in [2.05, 4.69) is 15.8 Å². The van der Waals surface area contributed by atoms with E-state index in [1.165, 1.54) is 0 Å². The van der Waals surface area contributed by atoms with Gasteiger partial charge in [-0.05, 0) is 61.1 Å². The first-order chi connectivity index (χ1) is 10.6. The van der Waals surface area contributed by atoms with Crippen LogP contribution < -0.4 is 15.5 Å². The SMILES string of the molecule is COc1ccccc1NC(=S)N/N=C(\C)c1ccc(O)cc1. The molecule has 0 aromatic heterocycles. The van der Waals surface area contributed by atoms with Crippen LogP contribution >= 0.6 is 12.2 Å². The maximum Gasteiger partial charge on any atom is 0.191 e. The van der Waals surface area contributed by atoms with Crippen molar-refractivity contribution in [3.05, 3.63) is 54.1 Å². The molecule has 2 rings (SSSR count). The lowest BCUT2D eigenvalue weighted by Gasteiger charge is -2.11. The summed E-state index contributed by atoms with van der Waals surface area (Å²) < 4.78 is 5.24. The van der Waals surface area contributed by atoms with Crippen LogP contribution in [0.3, 0.4) is 0 Å². The molecular weight excluding hydrogens is 298 g/mol. The molecule has 0 aliphatic heterocycles. The van der Waals surface area contributed by atoms with Gasteiger partial charge in [0.1, 0.15) is 11.5 Å². The van der Waals surface area contributed by atoms with Crippen LogP contribution in [0.4, 0.5) is 5.69 Å². The lowest BCUT2D eigenvalue weighted by molar-refractivity contribution is 0.417. The minimum atomic E-state index is 0.220. The number of hydrogen-bond donors (Lipinski definition) is 3. The molecule has 0 aliphatic carbocycles. The Morgan fingerprint density at radius 3 is 2.50 bits per heavy atom. The van der Waals surface area contributed by atoms with Gasteiger partial charge in [0.25, 0.3) is 0 Å². The number of anilines is 1. The first-order valence-electron chi connectivity index (χ1n) is 6.64. The van der Waals surface area contributed by atoms with Crippen LogP contribution in [-0.2, 0) is 0 Å². The fourth-order valence-electron chi connectivity index (χ4n) is 1.80. The molecule has 0 spiro atoms. The predicted octanol–water partition coefficient (Wildman–Crippen LogP) is 3.11. The molecule has 0 heterocycles. The van der Waals surface area contributed by atoms with E-state index in [9.17, 15) is 5.11 Å². The van der Waals surface area contributed by atoms with Crippen molar-refractivity contribution < 1.29 is 9.84 Å². The largest absolute Gasteiger partial charge is 0.508 e. The summed E-state index contributed by atoms with van der Waals surface area (Å²) in [4.78, 5) is 0. The van der Waals surface area contributed by atoms with Gasteiger partial charge in [0, 0.05) is 0 Å². The second-order valence-corrected chi connectivity index (χ2v) is 4.92. The zero-order chi connectivity index (χ0) is 15.9. The zero-order valence-electron chi connectivity index (χ0n) is 12.3. The molecular formula is C16H17N3O2S. The lowest BCUT2D eigenvalue weighted by atomic mass is 10.1. The Bertz CT molecular complexity index is 684. The van der Waals surface area contributed by atoms with Crippen molar-refractivity contribution >= 4 is 28.7 Å². The highest BCUT2D eigenvalue weighted by Gasteiger charge is 2.03. The number of hydrazone groups is 1. The maximum atomic E-state index is 9.27. The molecule has 0 saturated carbocycles. The van der Waals surface area contributed by atoms with Crippen molar-refractivity contribution in [2.75, 3.05) is 12.4 Å². The summed E-state index contributed by atoms with van der Waals surface area (Å²) in [6.07, 6.45) is 0. The molecule has 0 atom stereocenters. The van der Waals surface area contributed by atoms with Crippen LogP contribution in [0.5, 0.6) is 11.5 Å². The van der Waals surface area contributed by atoms with Crippen molar-refractivity contribution in [1.29, 1.82) is 0 Å². The molecule has 22 heavy (non-hydrogen) atoms. The number of aromatic hydroxyl groups is 1. The monoisotopic (exact) mass is 315 g/mol. The smallest absolute Gasteiger partial charge is 0.191 e. The fourth-order valence-corrected chi connectivity index (χ4v) is 1.96. The number of ether oxygens (including phenoxy) is 1. The average Bonchev–Trinajstić information content (AvgIpc) is 2.54. The standard InChI is InChI=1S/C16H17N3O2S/c1-11(12-7-9-13(20)10-8-12)18-19-16(22)17-14-5-3-4-6-15(14)21-2/h3-10,20H,1-2H3,(H2,17,19,22)/b18-11+. The van der Waals surface area contributed by atoms with Crippen molar-refractivity contribution in [3.63, 3.8) is 0 Å². The number of methoxy groups -OCH3 is 1. The van der Waals surface area contributed by atoms with Crippen LogP contribution in [0, 0.1) is 0 Å². The molecule has 0 unspecified atom stereocenters. The molecule has 0 saturated heterocycles. The highest BCUT2D eigenvalue weighted by Crippen LogP contribution is 2.22. The van der Waals surface area contributed by atoms with Crippen molar-refractivity contribution in [2.45, 2.75) is 6.92 Å². The number of hydrogen-bond acceptors (Lipinski definition) is 4. The summed E-state index contributed by atoms with van der Waals surface area (Å²) in [6.45, 7) is 1.85. The van der Waals surface area contributed by atoms with Crippen LogP contribution in [0.15, 0.2) is 53.6 Å². The third-order valence-electron chi connectivity index (χ3n) is 2.97. The van der Waals surface area contributed by atoms with E-state index in [-0.39, 0.29) is 5.75 Å². The summed E-state index contributed by atoms with van der Waals surface area (Å²) in [5, 5.41) is 16.9. The van der Waals surface area contributed by atoms with Crippen LogP contribution in [0.2, 0.25) is 0 Å². The number of phenolic OH excluding ortho intramolecular Hbond substituents is 1. The number of rotatable bonds is 4. The Labute approximate surface area is 134 Å². The molecule has 6 heteroatoms. The third-order valence-corrected chi connectivity index (χ3v) is 3.16. The summed E-state index contributed by atoms with van der Waals surface area (Å²) >= 11 is 5.21. The van der Waals surface area contributed by atoms with Gasteiger partial charge in [0.15, 0.2) is 5.11 Å². The number of para-hydroxylation sites is 2. The van der Waals surface area contributed by atoms with Gasteiger partial charge < -0.3 is 15.2 Å². The predicted molar refractivity (Wildman–Crippen MR) is 92.7 cm³/mol.